The van der Waals surface area contributed by atoms with Crippen LogP contribution >= 0.6 is 0 Å². The lowest BCUT2D eigenvalue weighted by molar-refractivity contribution is -0.384. The number of para-hydroxylation sites is 1. The topological polar surface area (TPSA) is 117 Å². The number of nitrogens with zero attached hydrogens (tertiary/aromatic N) is 4. The number of nitro benzene ring substituents is 1. The van der Waals surface area contributed by atoms with E-state index in [-0.39, 0.29) is 22.9 Å². The standard InChI is InChI=1S/C24H15N5O4/c30-23-21(18-11-4-5-12-19(18)26-23)27-28-22(16-8-2-1-3-9-16)25-20(24(28)31)14-15-7-6-10-17(13-15)29(32)33/h1-14H,(H,26,27,30)/b20-14-. The van der Waals surface area contributed by atoms with Crippen LogP contribution in [0.25, 0.3) is 6.08 Å². The Morgan fingerprint density at radius 1 is 0.970 bits per heavy atom. The molecule has 2 aliphatic heterocycles. The van der Waals surface area contributed by atoms with Crippen molar-refractivity contribution in [2.45, 2.75) is 0 Å². The average molecular weight is 437 g/mol. The number of aliphatic imine (C=N–C) groups is 1. The first-order chi connectivity index (χ1) is 16.0. The van der Waals surface area contributed by atoms with Gasteiger partial charge in [0.05, 0.1) is 10.6 Å². The number of nitrogens with one attached hydrogen (secondary N) is 1. The average Bonchev–Trinajstić information content (AvgIpc) is 3.31. The second-order valence-corrected chi connectivity index (χ2v) is 7.25. The predicted octanol–water partition coefficient (Wildman–Crippen LogP) is 3.58. The van der Waals surface area contributed by atoms with Crippen molar-refractivity contribution in [2.24, 2.45) is 10.1 Å². The third-order valence-corrected chi connectivity index (χ3v) is 5.10. The Kier molecular flexibility index (Phi) is 4.83. The van der Waals surface area contributed by atoms with E-state index in [4.69, 9.17) is 0 Å². The van der Waals surface area contributed by atoms with Crippen LogP contribution in [0.4, 0.5) is 11.4 Å². The molecular weight excluding hydrogens is 422 g/mol. The van der Waals surface area contributed by atoms with Gasteiger partial charge in [0.2, 0.25) is 0 Å². The molecule has 0 radical (unpaired) electrons. The molecule has 3 aromatic rings. The third kappa shape index (κ3) is 3.68. The number of anilines is 1. The molecule has 2 heterocycles. The normalized spacial score (nSPS) is 17.3. The minimum absolute atomic E-state index is 0.0467. The lowest BCUT2D eigenvalue weighted by Crippen LogP contribution is -2.30. The van der Waals surface area contributed by atoms with Gasteiger partial charge in [-0.3, -0.25) is 19.7 Å². The summed E-state index contributed by atoms with van der Waals surface area (Å²) in [6, 6.07) is 21.9. The molecule has 2 aliphatic rings. The van der Waals surface area contributed by atoms with Crippen LogP contribution in [0.3, 0.4) is 0 Å². The molecule has 5 rings (SSSR count). The Morgan fingerprint density at radius 2 is 1.73 bits per heavy atom. The van der Waals surface area contributed by atoms with Crippen molar-refractivity contribution in [1.29, 1.82) is 0 Å². The SMILES string of the molecule is O=C1Nc2ccccc2/C1=N/N1C(=O)/C(=C/c2cccc([N+](=O)[O-])c2)N=C1c1ccccc1. The molecule has 0 aliphatic carbocycles. The molecule has 3 aromatic carbocycles. The first kappa shape index (κ1) is 20.0. The number of amides is 2. The van der Waals surface area contributed by atoms with E-state index in [0.29, 0.717) is 22.4 Å². The van der Waals surface area contributed by atoms with E-state index >= 15 is 0 Å². The highest BCUT2D eigenvalue weighted by Crippen LogP contribution is 2.27. The fourth-order valence-corrected chi connectivity index (χ4v) is 3.56. The van der Waals surface area contributed by atoms with E-state index in [1.54, 1.807) is 54.6 Å². The quantitative estimate of drug-likeness (QED) is 0.381. The summed E-state index contributed by atoms with van der Waals surface area (Å²) in [4.78, 5) is 40.9. The van der Waals surface area contributed by atoms with Crippen LogP contribution in [0.15, 0.2) is 94.7 Å². The van der Waals surface area contributed by atoms with Crippen molar-refractivity contribution < 1.29 is 14.5 Å². The van der Waals surface area contributed by atoms with E-state index in [1.165, 1.54) is 24.3 Å². The number of fused-ring (bicyclic) bond motifs is 1. The molecule has 9 nitrogen and oxygen atoms in total. The number of carbonyl (C=O) groups is 2. The van der Waals surface area contributed by atoms with Crippen LogP contribution in [-0.4, -0.2) is 33.3 Å². The van der Waals surface area contributed by atoms with E-state index in [0.717, 1.165) is 5.01 Å². The number of rotatable bonds is 4. The van der Waals surface area contributed by atoms with E-state index < -0.39 is 16.7 Å². The first-order valence-corrected chi connectivity index (χ1v) is 9.95. The molecule has 1 N–H and O–H groups in total. The minimum atomic E-state index is -0.551. The molecule has 33 heavy (non-hydrogen) atoms. The maximum Gasteiger partial charge on any atom is 0.298 e. The second-order valence-electron chi connectivity index (χ2n) is 7.25. The molecule has 0 spiro atoms. The Hall–Kier alpha value is -4.92. The fraction of sp³-hybridized carbons (Fsp3) is 0. The Bertz CT molecular complexity index is 1410. The van der Waals surface area contributed by atoms with Crippen molar-refractivity contribution in [3.05, 3.63) is 111 Å². The zero-order valence-corrected chi connectivity index (χ0v) is 17.0. The van der Waals surface area contributed by atoms with Gasteiger partial charge >= 0.3 is 0 Å². The molecule has 0 unspecified atom stereocenters. The van der Waals surface area contributed by atoms with Gasteiger partial charge in [0.25, 0.3) is 17.5 Å². The van der Waals surface area contributed by atoms with E-state index in [9.17, 15) is 19.7 Å². The van der Waals surface area contributed by atoms with Crippen LogP contribution in [-0.2, 0) is 9.59 Å². The van der Waals surface area contributed by atoms with Gasteiger partial charge in [-0.2, -0.15) is 10.1 Å². The molecule has 0 saturated heterocycles. The lowest BCUT2D eigenvalue weighted by atomic mass is 10.1. The Labute approximate surface area is 187 Å². The Morgan fingerprint density at radius 3 is 2.52 bits per heavy atom. The summed E-state index contributed by atoms with van der Waals surface area (Å²) >= 11 is 0. The maximum absolute atomic E-state index is 13.3. The highest BCUT2D eigenvalue weighted by Gasteiger charge is 2.34. The maximum atomic E-state index is 13.3. The number of nitro groups is 1. The molecule has 2 amide bonds. The predicted molar refractivity (Wildman–Crippen MR) is 123 cm³/mol. The van der Waals surface area contributed by atoms with Gasteiger partial charge in [-0.15, -0.1) is 0 Å². The highest BCUT2D eigenvalue weighted by molar-refractivity contribution is 6.54. The van der Waals surface area contributed by atoms with Gasteiger partial charge in [0.1, 0.15) is 5.70 Å². The molecular formula is C24H15N5O4. The molecule has 0 saturated carbocycles. The fourth-order valence-electron chi connectivity index (χ4n) is 3.56. The number of carbonyl (C=O) groups excluding carboxylic acids is 2. The van der Waals surface area contributed by atoms with Gasteiger partial charge in [-0.25, -0.2) is 4.99 Å². The van der Waals surface area contributed by atoms with Gasteiger partial charge in [-0.1, -0.05) is 60.7 Å². The smallest absolute Gasteiger partial charge is 0.298 e. The molecule has 0 atom stereocenters. The highest BCUT2D eigenvalue weighted by atomic mass is 16.6. The lowest BCUT2D eigenvalue weighted by Gasteiger charge is -2.13. The largest absolute Gasteiger partial charge is 0.320 e. The van der Waals surface area contributed by atoms with Crippen molar-refractivity contribution in [1.82, 2.24) is 5.01 Å². The van der Waals surface area contributed by atoms with Crippen molar-refractivity contribution >= 4 is 40.8 Å². The van der Waals surface area contributed by atoms with Gasteiger partial charge in [0, 0.05) is 23.3 Å². The summed E-state index contributed by atoms with van der Waals surface area (Å²) in [7, 11) is 0. The summed E-state index contributed by atoms with van der Waals surface area (Å²) in [5.41, 5.74) is 2.31. The molecule has 160 valence electrons. The van der Waals surface area contributed by atoms with Crippen LogP contribution in [0.2, 0.25) is 0 Å². The van der Waals surface area contributed by atoms with Crippen molar-refractivity contribution in [3.63, 3.8) is 0 Å². The zero-order chi connectivity index (χ0) is 22.9. The third-order valence-electron chi connectivity index (χ3n) is 5.10. The molecule has 0 aromatic heterocycles. The summed E-state index contributed by atoms with van der Waals surface area (Å²) in [5.74, 6) is -0.723. The molecule has 0 bridgehead atoms. The van der Waals surface area contributed by atoms with Gasteiger partial charge in [-0.05, 0) is 17.7 Å². The van der Waals surface area contributed by atoms with Gasteiger partial charge in [0.15, 0.2) is 11.5 Å². The number of benzene rings is 3. The summed E-state index contributed by atoms with van der Waals surface area (Å²) in [6.45, 7) is 0. The van der Waals surface area contributed by atoms with Crippen molar-refractivity contribution in [3.8, 4) is 0 Å². The number of amidine groups is 1. The minimum Gasteiger partial charge on any atom is -0.320 e. The van der Waals surface area contributed by atoms with Crippen LogP contribution in [0, 0.1) is 10.1 Å². The number of hydrazone groups is 1. The van der Waals surface area contributed by atoms with E-state index in [1.807, 2.05) is 6.07 Å². The monoisotopic (exact) mass is 437 g/mol. The number of non-ortho nitro benzene ring substituents is 1. The van der Waals surface area contributed by atoms with Crippen LogP contribution in [0.1, 0.15) is 16.7 Å². The summed E-state index contributed by atoms with van der Waals surface area (Å²) in [6.07, 6.45) is 1.46. The zero-order valence-electron chi connectivity index (χ0n) is 17.0. The van der Waals surface area contributed by atoms with Gasteiger partial charge < -0.3 is 5.32 Å². The Balaban J connectivity index is 1.61. The number of hydrogen-bond acceptors (Lipinski definition) is 6. The first-order valence-electron chi connectivity index (χ1n) is 9.95. The molecule has 0 fully saturated rings. The number of hydrogen-bond donors (Lipinski definition) is 1. The van der Waals surface area contributed by atoms with E-state index in [2.05, 4.69) is 15.4 Å². The second kappa shape index (κ2) is 7.97. The molecule has 9 heteroatoms. The summed E-state index contributed by atoms with van der Waals surface area (Å²) < 4.78 is 0. The van der Waals surface area contributed by atoms with Crippen molar-refractivity contribution in [2.75, 3.05) is 5.32 Å². The summed E-state index contributed by atoms with van der Waals surface area (Å²) in [5, 5.41) is 19.3. The van der Waals surface area contributed by atoms with Crippen LogP contribution in [0.5, 0.6) is 0 Å². The van der Waals surface area contributed by atoms with Crippen LogP contribution < -0.4 is 5.32 Å².